The highest BCUT2D eigenvalue weighted by Crippen LogP contribution is 2.48. The Bertz CT molecular complexity index is 1230. The molecule has 1 heterocycles. The molecule has 4 rings (SSSR count). The number of hydrogen-bond acceptors (Lipinski definition) is 8. The molecule has 2 aliphatic rings. The maximum absolute atomic E-state index is 13.6. The van der Waals surface area contributed by atoms with Crippen LogP contribution in [0.2, 0.25) is 0 Å². The van der Waals surface area contributed by atoms with E-state index in [1.54, 1.807) is 33.3 Å². The van der Waals surface area contributed by atoms with E-state index in [-0.39, 0.29) is 29.6 Å². The zero-order chi connectivity index (χ0) is 25.3. The molecule has 0 aromatic heterocycles. The van der Waals surface area contributed by atoms with Crippen LogP contribution in [-0.2, 0) is 14.3 Å². The molecule has 0 radical (unpaired) electrons. The highest BCUT2D eigenvalue weighted by molar-refractivity contribution is 6.09. The van der Waals surface area contributed by atoms with Crippen LogP contribution in [0.25, 0.3) is 0 Å². The molecule has 0 saturated carbocycles. The summed E-state index contributed by atoms with van der Waals surface area (Å²) >= 11 is 0. The van der Waals surface area contributed by atoms with E-state index < -0.39 is 17.8 Å². The highest BCUT2D eigenvalue weighted by atomic mass is 16.5. The van der Waals surface area contributed by atoms with E-state index >= 15 is 0 Å². The quantitative estimate of drug-likeness (QED) is 0.620. The number of esters is 1. The normalized spacial score (nSPS) is 21.7. The minimum Gasteiger partial charge on any atom is -0.504 e. The van der Waals surface area contributed by atoms with Gasteiger partial charge in [-0.3, -0.25) is 14.6 Å². The number of ether oxygens (including phenoxy) is 4. The summed E-state index contributed by atoms with van der Waals surface area (Å²) in [5.41, 5.74) is 3.38. The van der Waals surface area contributed by atoms with Gasteiger partial charge >= 0.3 is 5.97 Å². The molecule has 8 nitrogen and oxygen atoms in total. The zero-order valence-electron chi connectivity index (χ0n) is 20.5. The maximum atomic E-state index is 13.6. The summed E-state index contributed by atoms with van der Waals surface area (Å²) in [4.78, 5) is 31.2. The predicted octanol–water partition coefficient (Wildman–Crippen LogP) is 4.17. The summed E-state index contributed by atoms with van der Waals surface area (Å²) in [6.07, 6.45) is 0.802. The second kappa shape index (κ2) is 9.82. The van der Waals surface area contributed by atoms with Crippen LogP contribution in [0.4, 0.5) is 0 Å². The van der Waals surface area contributed by atoms with Crippen molar-refractivity contribution >= 4 is 17.5 Å². The first-order chi connectivity index (χ1) is 16.8. The van der Waals surface area contributed by atoms with Crippen molar-refractivity contribution in [2.24, 2.45) is 10.9 Å². The number of benzene rings is 2. The van der Waals surface area contributed by atoms with Gasteiger partial charge in [-0.15, -0.1) is 0 Å². The number of aromatic hydroxyl groups is 1. The van der Waals surface area contributed by atoms with Gasteiger partial charge in [-0.1, -0.05) is 12.1 Å². The summed E-state index contributed by atoms with van der Waals surface area (Å²) in [6, 6.07) is 10.5. The van der Waals surface area contributed by atoms with Crippen molar-refractivity contribution in [1.82, 2.24) is 0 Å². The van der Waals surface area contributed by atoms with Crippen LogP contribution in [0.3, 0.4) is 0 Å². The molecule has 184 valence electrons. The Kier molecular flexibility index (Phi) is 6.82. The van der Waals surface area contributed by atoms with Crippen molar-refractivity contribution in [3.8, 4) is 23.0 Å². The number of Topliss-reactive ketones (excluding diaryl/α,β-unsaturated/α-hetero) is 1. The van der Waals surface area contributed by atoms with E-state index in [0.717, 1.165) is 5.56 Å². The summed E-state index contributed by atoms with van der Waals surface area (Å²) in [7, 11) is 5.93. The molecular formula is C27H29NO7. The second-order valence-corrected chi connectivity index (χ2v) is 8.67. The van der Waals surface area contributed by atoms with Crippen molar-refractivity contribution in [2.75, 3.05) is 28.4 Å². The Balaban J connectivity index is 1.80. The number of carbonyl (C=O) groups is 2. The minimum atomic E-state index is -0.755. The van der Waals surface area contributed by atoms with Crippen LogP contribution >= 0.6 is 0 Å². The van der Waals surface area contributed by atoms with E-state index in [9.17, 15) is 14.7 Å². The molecule has 8 heteroatoms. The fourth-order valence-corrected chi connectivity index (χ4v) is 5.08. The SMILES string of the molecule is COC(=O)C1C(C)=NC2=C(C(=O)C[C@H](c3ccc(OC)c(OC)c3)C2)[C@@H]1c1ccc(O)c(OC)c1. The molecule has 2 aromatic rings. The van der Waals surface area contributed by atoms with Crippen molar-refractivity contribution in [2.45, 2.75) is 31.6 Å². The lowest BCUT2D eigenvalue weighted by molar-refractivity contribution is -0.143. The standard InChI is InChI=1S/C27H29NO7/c1-14-24(27(31)35-5)25(16-6-8-19(29)22(13-16)33-3)26-18(28-14)10-17(11-20(26)30)15-7-9-21(32-2)23(12-15)34-4/h6-9,12-13,17,24-25,29H,10-11H2,1-5H3/t17-,24?,25-/m1/s1. The average Bonchev–Trinajstić information content (AvgIpc) is 2.87. The molecular weight excluding hydrogens is 450 g/mol. The summed E-state index contributed by atoms with van der Waals surface area (Å²) in [5, 5.41) is 10.1. The third-order valence-electron chi connectivity index (χ3n) is 6.79. The van der Waals surface area contributed by atoms with Crippen LogP contribution in [0.15, 0.2) is 52.7 Å². The zero-order valence-corrected chi connectivity index (χ0v) is 20.5. The number of hydrogen-bond donors (Lipinski definition) is 1. The number of phenolic OH excluding ortho intramolecular Hbond substituents is 1. The monoisotopic (exact) mass is 479 g/mol. The van der Waals surface area contributed by atoms with Crippen LogP contribution < -0.4 is 14.2 Å². The first-order valence-corrected chi connectivity index (χ1v) is 11.3. The number of allylic oxidation sites excluding steroid dienone is 2. The molecule has 35 heavy (non-hydrogen) atoms. The van der Waals surface area contributed by atoms with Crippen molar-refractivity contribution < 1.29 is 33.6 Å². The lowest BCUT2D eigenvalue weighted by Crippen LogP contribution is -2.37. The Morgan fingerprint density at radius 1 is 0.914 bits per heavy atom. The van der Waals surface area contributed by atoms with Crippen LogP contribution in [0.1, 0.15) is 42.7 Å². The van der Waals surface area contributed by atoms with Gasteiger partial charge in [-0.2, -0.15) is 0 Å². The predicted molar refractivity (Wildman–Crippen MR) is 130 cm³/mol. The molecule has 1 aliphatic heterocycles. The first kappa shape index (κ1) is 24.3. The summed E-state index contributed by atoms with van der Waals surface area (Å²) in [6.45, 7) is 1.78. The Hall–Kier alpha value is -3.81. The molecule has 1 aliphatic carbocycles. The smallest absolute Gasteiger partial charge is 0.315 e. The van der Waals surface area contributed by atoms with E-state index in [1.165, 1.54) is 20.3 Å². The van der Waals surface area contributed by atoms with E-state index in [4.69, 9.17) is 23.9 Å². The third kappa shape index (κ3) is 4.36. The van der Waals surface area contributed by atoms with Gasteiger partial charge in [0.25, 0.3) is 0 Å². The number of nitrogens with zero attached hydrogens (tertiary/aromatic N) is 1. The second-order valence-electron chi connectivity index (χ2n) is 8.67. The van der Waals surface area contributed by atoms with E-state index in [2.05, 4.69) is 0 Å². The van der Waals surface area contributed by atoms with E-state index in [0.29, 0.717) is 40.5 Å². The Morgan fingerprint density at radius 2 is 1.57 bits per heavy atom. The number of phenols is 1. The molecule has 3 atom stereocenters. The van der Waals surface area contributed by atoms with Crippen molar-refractivity contribution in [3.63, 3.8) is 0 Å². The van der Waals surface area contributed by atoms with Gasteiger partial charge < -0.3 is 24.1 Å². The number of ketones is 1. The Morgan fingerprint density at radius 3 is 2.23 bits per heavy atom. The molecule has 0 saturated heterocycles. The largest absolute Gasteiger partial charge is 0.504 e. The van der Waals surface area contributed by atoms with Crippen LogP contribution in [-0.4, -0.2) is 51.0 Å². The molecule has 0 spiro atoms. The van der Waals surface area contributed by atoms with Gasteiger partial charge in [-0.05, 0) is 54.7 Å². The number of methoxy groups -OCH3 is 4. The minimum absolute atomic E-state index is 0.0234. The van der Waals surface area contributed by atoms with E-state index in [1.807, 2.05) is 18.2 Å². The molecule has 0 fully saturated rings. The van der Waals surface area contributed by atoms with Crippen LogP contribution in [0, 0.1) is 5.92 Å². The fourth-order valence-electron chi connectivity index (χ4n) is 5.08. The molecule has 1 N–H and O–H groups in total. The lowest BCUT2D eigenvalue weighted by Gasteiger charge is -2.36. The van der Waals surface area contributed by atoms with Crippen molar-refractivity contribution in [3.05, 3.63) is 58.8 Å². The van der Waals surface area contributed by atoms with Gasteiger partial charge in [0.15, 0.2) is 28.8 Å². The summed E-state index contributed by atoms with van der Waals surface area (Å²) in [5.74, 6) is -0.532. The lowest BCUT2D eigenvalue weighted by atomic mass is 9.69. The number of rotatable bonds is 6. The van der Waals surface area contributed by atoms with Crippen molar-refractivity contribution in [1.29, 1.82) is 0 Å². The topological polar surface area (TPSA) is 104 Å². The van der Waals surface area contributed by atoms with Gasteiger partial charge in [0.2, 0.25) is 0 Å². The Labute approximate surface area is 204 Å². The third-order valence-corrected chi connectivity index (χ3v) is 6.79. The van der Waals surface area contributed by atoms with Gasteiger partial charge in [0, 0.05) is 29.3 Å². The highest BCUT2D eigenvalue weighted by Gasteiger charge is 2.44. The summed E-state index contributed by atoms with van der Waals surface area (Å²) < 4.78 is 21.2. The number of aliphatic imine (C=N–C) groups is 1. The molecule has 0 bridgehead atoms. The van der Waals surface area contributed by atoms with Gasteiger partial charge in [0.1, 0.15) is 5.92 Å². The first-order valence-electron chi connectivity index (χ1n) is 11.3. The molecule has 2 aromatic carbocycles. The number of carbonyl (C=O) groups excluding carboxylic acids is 2. The fraction of sp³-hybridized carbons (Fsp3) is 0.370. The average molecular weight is 480 g/mol. The van der Waals surface area contributed by atoms with Gasteiger partial charge in [0.05, 0.1) is 28.4 Å². The van der Waals surface area contributed by atoms with Crippen LogP contribution in [0.5, 0.6) is 23.0 Å². The molecule has 1 unspecified atom stereocenters. The molecule has 0 amide bonds. The maximum Gasteiger partial charge on any atom is 0.315 e. The van der Waals surface area contributed by atoms with Gasteiger partial charge in [-0.25, -0.2) is 0 Å².